The number of likely N-dealkylation sites (tertiary alicyclic amines) is 3. The van der Waals surface area contributed by atoms with Crippen molar-refractivity contribution in [3.05, 3.63) is 65.8 Å². The van der Waals surface area contributed by atoms with E-state index in [0.717, 1.165) is 50.1 Å². The van der Waals surface area contributed by atoms with Crippen molar-refractivity contribution in [2.45, 2.75) is 62.2 Å². The molecule has 0 N–H and O–H groups in total. The lowest BCUT2D eigenvalue weighted by molar-refractivity contribution is -0.129. The molecule has 4 unspecified atom stereocenters. The fourth-order valence-corrected chi connectivity index (χ4v) is 8.08. The zero-order valence-electron chi connectivity index (χ0n) is 22.7. The lowest BCUT2D eigenvalue weighted by Crippen LogP contribution is -2.66. The Bertz CT molecular complexity index is 1360. The summed E-state index contributed by atoms with van der Waals surface area (Å²) in [5.41, 5.74) is 5.79. The molecule has 8 rings (SSSR count). The Labute approximate surface area is 230 Å². The molecular formula is C32H37N5O2. The first-order valence-corrected chi connectivity index (χ1v) is 14.8. The van der Waals surface area contributed by atoms with Crippen LogP contribution in [0.15, 0.2) is 59.1 Å². The van der Waals surface area contributed by atoms with Crippen LogP contribution in [0.3, 0.4) is 0 Å². The number of likely N-dealkylation sites (N-methyl/N-ethyl adjacent to an activating group) is 1. The van der Waals surface area contributed by atoms with Crippen LogP contribution in [0.4, 0.5) is 0 Å². The van der Waals surface area contributed by atoms with Gasteiger partial charge in [0.05, 0.1) is 24.0 Å². The van der Waals surface area contributed by atoms with Crippen molar-refractivity contribution in [1.82, 2.24) is 14.7 Å². The number of aliphatic imine (C=N–C) groups is 2. The van der Waals surface area contributed by atoms with E-state index >= 15 is 0 Å². The van der Waals surface area contributed by atoms with E-state index in [0.29, 0.717) is 24.7 Å². The van der Waals surface area contributed by atoms with Gasteiger partial charge in [0.1, 0.15) is 12.4 Å². The van der Waals surface area contributed by atoms with E-state index in [1.165, 1.54) is 42.0 Å². The van der Waals surface area contributed by atoms with Crippen molar-refractivity contribution in [2.75, 3.05) is 33.3 Å². The van der Waals surface area contributed by atoms with Crippen LogP contribution in [0.25, 0.3) is 5.57 Å². The smallest absolute Gasteiger partial charge is 0.314 e. The fourth-order valence-electron chi connectivity index (χ4n) is 8.08. The summed E-state index contributed by atoms with van der Waals surface area (Å²) >= 11 is 0. The number of ether oxygens (including phenoxy) is 1. The zero-order valence-corrected chi connectivity index (χ0v) is 22.7. The summed E-state index contributed by atoms with van der Waals surface area (Å²) in [7, 11) is 2.18. The summed E-state index contributed by atoms with van der Waals surface area (Å²) in [4.78, 5) is 29.3. The lowest BCUT2D eigenvalue weighted by Gasteiger charge is -2.50. The molecule has 7 heteroatoms. The molecule has 3 aliphatic carbocycles. The van der Waals surface area contributed by atoms with Gasteiger partial charge in [-0.1, -0.05) is 43.0 Å². The Morgan fingerprint density at radius 3 is 3.00 bits per heavy atom. The Hall–Kier alpha value is -3.19. The molecule has 1 saturated carbocycles. The number of carbonyl (C=O) groups is 1. The molecule has 3 saturated heterocycles. The van der Waals surface area contributed by atoms with Gasteiger partial charge in [-0.25, -0.2) is 4.99 Å². The van der Waals surface area contributed by atoms with E-state index < -0.39 is 0 Å². The molecule has 7 aliphatic rings. The van der Waals surface area contributed by atoms with Gasteiger partial charge in [0, 0.05) is 19.1 Å². The van der Waals surface area contributed by atoms with Gasteiger partial charge in [0.25, 0.3) is 0 Å². The molecule has 1 aromatic carbocycles. The third-order valence-corrected chi connectivity index (χ3v) is 10.4. The average molecular weight is 524 g/mol. The van der Waals surface area contributed by atoms with Crippen molar-refractivity contribution < 1.29 is 9.53 Å². The van der Waals surface area contributed by atoms with E-state index in [1.54, 1.807) is 5.56 Å². The van der Waals surface area contributed by atoms with Crippen LogP contribution in [0, 0.1) is 11.8 Å². The van der Waals surface area contributed by atoms with Crippen LogP contribution in [0.1, 0.15) is 48.3 Å². The second-order valence-electron chi connectivity index (χ2n) is 12.5. The van der Waals surface area contributed by atoms with E-state index in [2.05, 4.69) is 59.9 Å². The monoisotopic (exact) mass is 523 g/mol. The van der Waals surface area contributed by atoms with E-state index in [4.69, 9.17) is 14.7 Å². The zero-order chi connectivity index (χ0) is 26.2. The third kappa shape index (κ3) is 3.76. The third-order valence-electron chi connectivity index (χ3n) is 10.4. The van der Waals surface area contributed by atoms with Gasteiger partial charge in [0.2, 0.25) is 5.91 Å². The highest BCUT2D eigenvalue weighted by molar-refractivity contribution is 6.01. The number of rotatable bonds is 4. The second-order valence-corrected chi connectivity index (χ2v) is 12.5. The highest BCUT2D eigenvalue weighted by Crippen LogP contribution is 2.58. The first kappa shape index (κ1) is 23.7. The van der Waals surface area contributed by atoms with Crippen LogP contribution in [0.2, 0.25) is 0 Å². The maximum atomic E-state index is 12.4. The summed E-state index contributed by atoms with van der Waals surface area (Å²) in [5.74, 6) is 2.78. The maximum Gasteiger partial charge on any atom is 0.314 e. The predicted octanol–water partition coefficient (Wildman–Crippen LogP) is 3.63. The molecule has 7 nitrogen and oxygen atoms in total. The summed E-state index contributed by atoms with van der Waals surface area (Å²) in [5, 5.41) is 0. The summed E-state index contributed by atoms with van der Waals surface area (Å²) in [6.07, 6.45) is 14.3. The number of benzene rings is 1. The molecule has 0 aromatic heterocycles. The highest BCUT2D eigenvalue weighted by atomic mass is 16.5. The van der Waals surface area contributed by atoms with Crippen molar-refractivity contribution in [1.29, 1.82) is 0 Å². The summed E-state index contributed by atoms with van der Waals surface area (Å²) in [6, 6.07) is 8.28. The summed E-state index contributed by atoms with van der Waals surface area (Å²) < 4.78 is 6.33. The predicted molar refractivity (Wildman–Crippen MR) is 153 cm³/mol. The minimum absolute atomic E-state index is 0.0348. The number of fused-ring (bicyclic) bond motifs is 5. The van der Waals surface area contributed by atoms with Gasteiger partial charge < -0.3 is 19.4 Å². The Morgan fingerprint density at radius 1 is 1.23 bits per heavy atom. The van der Waals surface area contributed by atoms with E-state index in [1.807, 2.05) is 4.90 Å². The van der Waals surface area contributed by atoms with Gasteiger partial charge in [-0.05, 0) is 85.9 Å². The molecule has 1 aromatic rings. The van der Waals surface area contributed by atoms with E-state index in [9.17, 15) is 4.79 Å². The van der Waals surface area contributed by atoms with Crippen molar-refractivity contribution >= 4 is 23.3 Å². The largest absolute Gasteiger partial charge is 0.462 e. The lowest BCUT2D eigenvalue weighted by atomic mass is 9.83. The molecule has 0 bridgehead atoms. The first-order valence-electron chi connectivity index (χ1n) is 14.8. The number of amides is 1. The SMILES string of the molecule is C=CC(=O)N1CC[C@@H]2[C@H]1CN2C1=NC(OC[C@@H]2CCCN2C)=NC2C=C(c3cccc4c3C3CC3C4)C=CC12. The normalized spacial score (nSPS) is 35.7. The van der Waals surface area contributed by atoms with Gasteiger partial charge >= 0.3 is 6.02 Å². The number of amidine groups is 2. The van der Waals surface area contributed by atoms with Gasteiger partial charge in [0.15, 0.2) is 0 Å². The van der Waals surface area contributed by atoms with Crippen LogP contribution in [-0.2, 0) is 16.0 Å². The molecule has 0 radical (unpaired) electrons. The van der Waals surface area contributed by atoms with Crippen LogP contribution in [0.5, 0.6) is 0 Å². The topological polar surface area (TPSA) is 60.7 Å². The number of nitrogens with zero attached hydrogens (tertiary/aromatic N) is 5. The molecule has 4 fully saturated rings. The van der Waals surface area contributed by atoms with Crippen molar-refractivity contribution in [3.63, 3.8) is 0 Å². The highest BCUT2D eigenvalue weighted by Gasteiger charge is 2.52. The van der Waals surface area contributed by atoms with Gasteiger partial charge in [-0.3, -0.25) is 4.79 Å². The van der Waals surface area contributed by atoms with Crippen molar-refractivity contribution in [2.24, 2.45) is 21.8 Å². The standard InChI is InChI=1S/C32H37N5O2/c1-3-29(38)36-13-11-27-28(36)17-37(27)31-24-10-9-19(23-8-4-6-20-14-21-15-25(21)30(20)23)16-26(24)33-32(34-31)39-18-22-7-5-12-35(22)2/h3-4,6,8-10,16,21-22,24-28H,1,5,7,11-15,17-18H2,2H3/t21?,22-,24?,25?,26?,27+,28+/m0/s1. The number of hydrogen-bond donors (Lipinski definition) is 0. The first-order chi connectivity index (χ1) is 19.1. The minimum Gasteiger partial charge on any atom is -0.462 e. The minimum atomic E-state index is -0.0348. The van der Waals surface area contributed by atoms with E-state index in [-0.39, 0.29) is 23.9 Å². The fraction of sp³-hybridized carbons (Fsp3) is 0.531. The average Bonchev–Trinajstić information content (AvgIpc) is 3.23. The Kier molecular flexibility index (Phi) is 5.41. The molecule has 1 amide bonds. The van der Waals surface area contributed by atoms with Gasteiger partial charge in [-0.15, -0.1) is 0 Å². The second kappa shape index (κ2) is 8.91. The quantitative estimate of drug-likeness (QED) is 0.566. The number of hydrogen-bond acceptors (Lipinski definition) is 6. The summed E-state index contributed by atoms with van der Waals surface area (Å²) in [6.45, 7) is 7.04. The van der Waals surface area contributed by atoms with Gasteiger partial charge in [-0.2, -0.15) is 4.99 Å². The molecule has 4 aliphatic heterocycles. The maximum absolute atomic E-state index is 12.4. The van der Waals surface area contributed by atoms with Crippen LogP contribution < -0.4 is 0 Å². The van der Waals surface area contributed by atoms with Crippen LogP contribution in [-0.4, -0.2) is 89.9 Å². The Morgan fingerprint density at radius 2 is 2.15 bits per heavy atom. The molecule has 0 spiro atoms. The molecule has 202 valence electrons. The molecular weight excluding hydrogens is 486 g/mol. The van der Waals surface area contributed by atoms with Crippen molar-refractivity contribution in [3.8, 4) is 0 Å². The Balaban J connectivity index is 1.09. The number of allylic oxidation sites excluding steroid dienone is 2. The molecule has 4 heterocycles. The van der Waals surface area contributed by atoms with Crippen LogP contribution >= 0.6 is 0 Å². The molecule has 7 atom stereocenters. The number of carbonyl (C=O) groups excluding carboxylic acids is 1. The molecule has 39 heavy (non-hydrogen) atoms.